The number of nitriles is 1. The Balaban J connectivity index is 2.11. The van der Waals surface area contributed by atoms with Crippen LogP contribution in [0.1, 0.15) is 32.8 Å². The van der Waals surface area contributed by atoms with E-state index in [1.165, 1.54) is 0 Å². The highest BCUT2D eigenvalue weighted by Gasteiger charge is 2.20. The Kier molecular flexibility index (Phi) is 3.74. The summed E-state index contributed by atoms with van der Waals surface area (Å²) in [7, 11) is 0. The number of rotatable bonds is 2. The zero-order chi connectivity index (χ0) is 14.8. The molecule has 0 bridgehead atoms. The predicted octanol–water partition coefficient (Wildman–Crippen LogP) is 2.46. The number of thiophene rings is 1. The second-order valence-electron chi connectivity index (χ2n) is 4.95. The van der Waals surface area contributed by atoms with E-state index in [1.807, 2.05) is 6.07 Å². The Bertz CT molecular complexity index is 743. The third-order valence-electron chi connectivity index (χ3n) is 3.59. The van der Waals surface area contributed by atoms with E-state index in [9.17, 15) is 9.90 Å². The maximum atomic E-state index is 12.0. The molecule has 0 radical (unpaired) electrons. The van der Waals surface area contributed by atoms with E-state index in [1.54, 1.807) is 29.5 Å². The summed E-state index contributed by atoms with van der Waals surface area (Å²) in [5.74, 6) is -0.0352. The number of carbonyl (C=O) groups excluding carboxylic acids is 1. The molecule has 0 aliphatic carbocycles. The van der Waals surface area contributed by atoms with E-state index in [0.717, 1.165) is 39.3 Å². The molecule has 2 aromatic rings. The summed E-state index contributed by atoms with van der Waals surface area (Å²) >= 11 is 1.57. The summed E-state index contributed by atoms with van der Waals surface area (Å²) in [6.45, 7) is 0.622. The maximum Gasteiger partial charge on any atom is 0.252 e. The predicted molar refractivity (Wildman–Crippen MR) is 81.0 cm³/mol. The molecule has 0 fully saturated rings. The first kappa shape index (κ1) is 13.8. The molecule has 4 nitrogen and oxygen atoms in total. The Morgan fingerprint density at radius 1 is 1.33 bits per heavy atom. The van der Waals surface area contributed by atoms with Crippen molar-refractivity contribution in [3.63, 3.8) is 0 Å². The lowest BCUT2D eigenvalue weighted by molar-refractivity contribution is 0.0956. The average Bonchev–Trinajstić information content (AvgIpc) is 2.87. The molecule has 1 aromatic carbocycles. The minimum absolute atomic E-state index is 0.0352. The van der Waals surface area contributed by atoms with Crippen LogP contribution in [0.3, 0.4) is 0 Å². The van der Waals surface area contributed by atoms with Crippen molar-refractivity contribution >= 4 is 17.2 Å². The monoisotopic (exact) mass is 298 g/mol. The molecule has 0 saturated carbocycles. The van der Waals surface area contributed by atoms with Crippen LogP contribution in [0.15, 0.2) is 24.3 Å². The van der Waals surface area contributed by atoms with Gasteiger partial charge in [0.2, 0.25) is 0 Å². The molecule has 21 heavy (non-hydrogen) atoms. The summed E-state index contributed by atoms with van der Waals surface area (Å²) in [6.07, 6.45) is 1.81. The quantitative estimate of drug-likeness (QED) is 0.894. The number of carbonyl (C=O) groups is 1. The van der Waals surface area contributed by atoms with Gasteiger partial charge in [0.1, 0.15) is 0 Å². The van der Waals surface area contributed by atoms with Crippen molar-refractivity contribution in [2.75, 3.05) is 6.54 Å². The minimum atomic E-state index is -0.0875. The van der Waals surface area contributed by atoms with Gasteiger partial charge in [0.15, 0.2) is 0 Å². The van der Waals surface area contributed by atoms with Gasteiger partial charge in [-0.2, -0.15) is 5.26 Å². The van der Waals surface area contributed by atoms with Crippen LogP contribution in [-0.4, -0.2) is 17.6 Å². The lowest BCUT2D eigenvalue weighted by Gasteiger charge is -2.05. The number of aryl methyl sites for hydroxylation is 1. The van der Waals surface area contributed by atoms with Gasteiger partial charge in [-0.1, -0.05) is 6.07 Å². The fourth-order valence-electron chi connectivity index (χ4n) is 2.50. The number of aliphatic hydroxyl groups is 1. The number of amides is 1. The topological polar surface area (TPSA) is 73.1 Å². The lowest BCUT2D eigenvalue weighted by Crippen LogP contribution is -2.22. The van der Waals surface area contributed by atoms with Crippen LogP contribution in [0, 0.1) is 11.3 Å². The van der Waals surface area contributed by atoms with E-state index < -0.39 is 0 Å². The Hall–Kier alpha value is -2.16. The van der Waals surface area contributed by atoms with Gasteiger partial charge in [-0.25, -0.2) is 0 Å². The van der Waals surface area contributed by atoms with Crippen molar-refractivity contribution in [2.24, 2.45) is 0 Å². The molecule has 1 aliphatic heterocycles. The molecule has 3 rings (SSSR count). The van der Waals surface area contributed by atoms with E-state index in [2.05, 4.69) is 11.4 Å². The van der Waals surface area contributed by atoms with Crippen molar-refractivity contribution < 1.29 is 9.90 Å². The smallest absolute Gasteiger partial charge is 0.252 e. The zero-order valence-electron chi connectivity index (χ0n) is 11.3. The van der Waals surface area contributed by atoms with Crippen LogP contribution in [0.4, 0.5) is 0 Å². The van der Waals surface area contributed by atoms with Crippen molar-refractivity contribution in [2.45, 2.75) is 19.4 Å². The first-order valence-corrected chi connectivity index (χ1v) is 7.59. The summed E-state index contributed by atoms with van der Waals surface area (Å²) < 4.78 is 0. The van der Waals surface area contributed by atoms with Crippen molar-refractivity contribution in [1.29, 1.82) is 5.26 Å². The Labute approximate surface area is 126 Å². The van der Waals surface area contributed by atoms with E-state index in [-0.39, 0.29) is 12.5 Å². The number of aliphatic hydroxyl groups excluding tert-OH is 1. The zero-order valence-corrected chi connectivity index (χ0v) is 12.2. The van der Waals surface area contributed by atoms with Crippen LogP contribution in [-0.2, 0) is 13.0 Å². The van der Waals surface area contributed by atoms with Gasteiger partial charge in [-0.3, -0.25) is 4.79 Å². The highest BCUT2D eigenvalue weighted by molar-refractivity contribution is 7.15. The van der Waals surface area contributed by atoms with Crippen LogP contribution in [0.25, 0.3) is 10.4 Å². The maximum absolute atomic E-state index is 12.0. The summed E-state index contributed by atoms with van der Waals surface area (Å²) in [4.78, 5) is 14.0. The molecule has 0 atom stereocenters. The van der Waals surface area contributed by atoms with E-state index in [4.69, 9.17) is 5.26 Å². The van der Waals surface area contributed by atoms with Gasteiger partial charge in [-0.05, 0) is 42.2 Å². The number of hydrogen-bond acceptors (Lipinski definition) is 4. The van der Waals surface area contributed by atoms with Gasteiger partial charge in [0.25, 0.3) is 5.91 Å². The largest absolute Gasteiger partial charge is 0.392 e. The molecule has 0 saturated heterocycles. The molecule has 106 valence electrons. The molecule has 1 amide bonds. The average molecular weight is 298 g/mol. The molecule has 5 heteroatoms. The number of benzene rings is 1. The molecule has 2 heterocycles. The van der Waals surface area contributed by atoms with Gasteiger partial charge in [0.05, 0.1) is 23.8 Å². The highest BCUT2D eigenvalue weighted by atomic mass is 32.1. The summed E-state index contributed by atoms with van der Waals surface area (Å²) in [5, 5.41) is 21.4. The molecular formula is C16H14N2O2S. The fourth-order valence-corrected chi connectivity index (χ4v) is 3.75. The SMILES string of the molecule is N#Cc1ccc(CO)c(-c2cc3c(s2)CCCNC3=O)c1. The first-order valence-electron chi connectivity index (χ1n) is 6.78. The van der Waals surface area contributed by atoms with Gasteiger partial charge in [-0.15, -0.1) is 11.3 Å². The highest BCUT2D eigenvalue weighted by Crippen LogP contribution is 2.35. The number of nitrogens with one attached hydrogen (secondary N) is 1. The van der Waals surface area contributed by atoms with E-state index >= 15 is 0 Å². The molecule has 0 unspecified atom stereocenters. The molecule has 0 spiro atoms. The van der Waals surface area contributed by atoms with Gasteiger partial charge >= 0.3 is 0 Å². The normalized spacial score (nSPS) is 14.0. The van der Waals surface area contributed by atoms with Crippen molar-refractivity contribution in [3.05, 3.63) is 45.8 Å². The third-order valence-corrected chi connectivity index (χ3v) is 4.82. The molecule has 1 aliphatic rings. The van der Waals surface area contributed by atoms with Gasteiger partial charge < -0.3 is 10.4 Å². The summed E-state index contributed by atoms with van der Waals surface area (Å²) in [6, 6.07) is 9.21. The fraction of sp³-hybridized carbons (Fsp3) is 0.250. The lowest BCUT2D eigenvalue weighted by atomic mass is 10.0. The van der Waals surface area contributed by atoms with Crippen molar-refractivity contribution in [3.8, 4) is 16.5 Å². The van der Waals surface area contributed by atoms with Crippen LogP contribution < -0.4 is 5.32 Å². The van der Waals surface area contributed by atoms with Gasteiger partial charge in [0, 0.05) is 16.3 Å². The first-order chi connectivity index (χ1) is 10.2. The van der Waals surface area contributed by atoms with Crippen molar-refractivity contribution in [1.82, 2.24) is 5.32 Å². The Morgan fingerprint density at radius 2 is 2.19 bits per heavy atom. The van der Waals surface area contributed by atoms with E-state index in [0.29, 0.717) is 12.1 Å². The minimum Gasteiger partial charge on any atom is -0.392 e. The standard InChI is InChI=1S/C16H14N2O2S/c17-8-10-3-4-11(9-19)12(6-10)15-7-13-14(21-15)2-1-5-18-16(13)20/h3-4,6-7,19H,1-2,5,9H2,(H,18,20). The molecule has 1 aromatic heterocycles. The number of nitrogens with zero attached hydrogens (tertiary/aromatic N) is 1. The second kappa shape index (κ2) is 5.68. The van der Waals surface area contributed by atoms with Crippen LogP contribution >= 0.6 is 11.3 Å². The van der Waals surface area contributed by atoms with Crippen LogP contribution in [0.5, 0.6) is 0 Å². The van der Waals surface area contributed by atoms with Crippen LogP contribution in [0.2, 0.25) is 0 Å². The number of fused-ring (bicyclic) bond motifs is 1. The molecular weight excluding hydrogens is 284 g/mol. The second-order valence-corrected chi connectivity index (χ2v) is 6.09. The number of hydrogen-bond donors (Lipinski definition) is 2. The Morgan fingerprint density at radius 3 is 2.95 bits per heavy atom. The molecule has 2 N–H and O–H groups in total. The third kappa shape index (κ3) is 2.56. The summed E-state index contributed by atoms with van der Waals surface area (Å²) in [5.41, 5.74) is 2.88.